The molecule has 2 heterocycles. The zero-order chi connectivity index (χ0) is 19.1. The number of thioether (sulfide) groups is 1. The summed E-state index contributed by atoms with van der Waals surface area (Å²) in [6.45, 7) is 1.53. The third-order valence-corrected chi connectivity index (χ3v) is 5.27. The molecular formula is C20H24N4O2S. The Hall–Kier alpha value is -2.51. The number of nitrogens with two attached hydrogens (primary N) is 1. The molecule has 0 aliphatic carbocycles. The molecule has 0 bridgehead atoms. The highest BCUT2D eigenvalue weighted by Gasteiger charge is 2.19. The minimum Gasteiger partial charge on any atom is -0.455 e. The van der Waals surface area contributed by atoms with Gasteiger partial charge in [-0.15, -0.1) is 0 Å². The zero-order valence-electron chi connectivity index (χ0n) is 15.4. The number of aryl methyl sites for hydroxylation is 1. The first kappa shape index (κ1) is 19.3. The standard InChI is InChI=1S/C20H24N4O2S/c1-23-14-11-22-20(23)27-15-17-7-8-18(26-17)19(25)24(13-10-21)12-9-16-5-3-2-4-6-16/h2-8,11,14H,9-10,12-13,15,21H2,1H3. The van der Waals surface area contributed by atoms with Gasteiger partial charge in [-0.25, -0.2) is 4.98 Å². The summed E-state index contributed by atoms with van der Waals surface area (Å²) in [5.41, 5.74) is 6.89. The summed E-state index contributed by atoms with van der Waals surface area (Å²) in [4.78, 5) is 18.8. The van der Waals surface area contributed by atoms with Crippen LogP contribution in [0.4, 0.5) is 0 Å². The van der Waals surface area contributed by atoms with E-state index in [4.69, 9.17) is 10.2 Å². The van der Waals surface area contributed by atoms with Crippen LogP contribution in [0.25, 0.3) is 0 Å². The molecule has 7 heteroatoms. The molecule has 3 rings (SSSR count). The van der Waals surface area contributed by atoms with Gasteiger partial charge in [0, 0.05) is 39.1 Å². The lowest BCUT2D eigenvalue weighted by molar-refractivity contribution is 0.0728. The number of carbonyl (C=O) groups is 1. The lowest BCUT2D eigenvalue weighted by atomic mass is 10.1. The number of benzene rings is 1. The normalized spacial score (nSPS) is 10.9. The highest BCUT2D eigenvalue weighted by molar-refractivity contribution is 7.98. The number of amides is 1. The Morgan fingerprint density at radius 3 is 2.74 bits per heavy atom. The third kappa shape index (κ3) is 5.24. The molecule has 0 unspecified atom stereocenters. The molecule has 0 aliphatic heterocycles. The smallest absolute Gasteiger partial charge is 0.289 e. The van der Waals surface area contributed by atoms with E-state index < -0.39 is 0 Å². The van der Waals surface area contributed by atoms with Crippen molar-refractivity contribution in [2.75, 3.05) is 19.6 Å². The molecule has 1 amide bonds. The van der Waals surface area contributed by atoms with E-state index in [1.54, 1.807) is 28.9 Å². The number of rotatable bonds is 9. The molecule has 6 nitrogen and oxygen atoms in total. The van der Waals surface area contributed by atoms with E-state index in [0.717, 1.165) is 17.3 Å². The molecule has 0 fully saturated rings. The number of furan rings is 1. The summed E-state index contributed by atoms with van der Waals surface area (Å²) in [6.07, 6.45) is 4.45. The van der Waals surface area contributed by atoms with Crippen molar-refractivity contribution >= 4 is 17.7 Å². The van der Waals surface area contributed by atoms with Crippen LogP contribution in [-0.2, 0) is 19.2 Å². The number of aromatic nitrogens is 2. The average molecular weight is 385 g/mol. The third-order valence-electron chi connectivity index (χ3n) is 4.19. The predicted molar refractivity (Wildman–Crippen MR) is 107 cm³/mol. The van der Waals surface area contributed by atoms with Gasteiger partial charge in [0.25, 0.3) is 5.91 Å². The van der Waals surface area contributed by atoms with Gasteiger partial charge in [-0.2, -0.15) is 0 Å². The Labute approximate surface area is 163 Å². The van der Waals surface area contributed by atoms with Gasteiger partial charge in [0.2, 0.25) is 0 Å². The highest BCUT2D eigenvalue weighted by Crippen LogP contribution is 2.22. The van der Waals surface area contributed by atoms with E-state index in [1.807, 2.05) is 42.1 Å². The Kier molecular flexibility index (Phi) is 6.73. The first-order valence-corrected chi connectivity index (χ1v) is 9.88. The average Bonchev–Trinajstić information content (AvgIpc) is 3.32. The van der Waals surface area contributed by atoms with Crippen LogP contribution < -0.4 is 5.73 Å². The second-order valence-corrected chi connectivity index (χ2v) is 7.13. The minimum absolute atomic E-state index is 0.121. The van der Waals surface area contributed by atoms with Gasteiger partial charge < -0.3 is 19.6 Å². The van der Waals surface area contributed by atoms with E-state index in [0.29, 0.717) is 31.1 Å². The number of hydrogen-bond donors (Lipinski definition) is 1. The van der Waals surface area contributed by atoms with Crippen molar-refractivity contribution in [3.8, 4) is 0 Å². The maximum atomic E-state index is 12.8. The van der Waals surface area contributed by atoms with Crippen LogP contribution in [0.1, 0.15) is 21.9 Å². The summed E-state index contributed by atoms with van der Waals surface area (Å²) in [6, 6.07) is 13.7. The summed E-state index contributed by atoms with van der Waals surface area (Å²) in [5, 5.41) is 0.909. The van der Waals surface area contributed by atoms with Crippen molar-refractivity contribution in [3.05, 3.63) is 71.9 Å². The monoisotopic (exact) mass is 384 g/mol. The van der Waals surface area contributed by atoms with Gasteiger partial charge >= 0.3 is 0 Å². The second kappa shape index (κ2) is 9.43. The van der Waals surface area contributed by atoms with Gasteiger partial charge in [-0.05, 0) is 24.1 Å². The maximum Gasteiger partial charge on any atom is 0.289 e. The number of nitrogens with zero attached hydrogens (tertiary/aromatic N) is 3. The fourth-order valence-electron chi connectivity index (χ4n) is 2.73. The van der Waals surface area contributed by atoms with E-state index in [1.165, 1.54) is 5.56 Å². The molecule has 0 atom stereocenters. The van der Waals surface area contributed by atoms with Crippen molar-refractivity contribution in [2.45, 2.75) is 17.3 Å². The highest BCUT2D eigenvalue weighted by atomic mass is 32.2. The SMILES string of the molecule is Cn1ccnc1SCc1ccc(C(=O)N(CCN)CCc2ccccc2)o1. The Morgan fingerprint density at radius 2 is 2.04 bits per heavy atom. The van der Waals surface area contributed by atoms with Gasteiger partial charge in [0.05, 0.1) is 5.75 Å². The molecule has 2 aromatic heterocycles. The molecular weight excluding hydrogens is 360 g/mol. The maximum absolute atomic E-state index is 12.8. The molecule has 0 aliphatic rings. The number of carbonyl (C=O) groups excluding carboxylic acids is 1. The van der Waals surface area contributed by atoms with Gasteiger partial charge in [0.15, 0.2) is 10.9 Å². The first-order valence-electron chi connectivity index (χ1n) is 8.89. The minimum atomic E-state index is -0.121. The van der Waals surface area contributed by atoms with Crippen LogP contribution in [0, 0.1) is 0 Å². The van der Waals surface area contributed by atoms with Crippen molar-refractivity contribution in [1.82, 2.24) is 14.5 Å². The summed E-state index contributed by atoms with van der Waals surface area (Å²) < 4.78 is 7.72. The van der Waals surface area contributed by atoms with Crippen molar-refractivity contribution in [2.24, 2.45) is 12.8 Å². The predicted octanol–water partition coefficient (Wildman–Crippen LogP) is 2.95. The Bertz CT molecular complexity index is 860. The lowest BCUT2D eigenvalue weighted by Gasteiger charge is -2.21. The summed E-state index contributed by atoms with van der Waals surface area (Å²) in [7, 11) is 1.95. The molecule has 142 valence electrons. The molecule has 0 saturated heterocycles. The van der Waals surface area contributed by atoms with Crippen molar-refractivity contribution < 1.29 is 9.21 Å². The second-order valence-electron chi connectivity index (χ2n) is 6.19. The van der Waals surface area contributed by atoms with E-state index in [9.17, 15) is 4.79 Å². The molecule has 27 heavy (non-hydrogen) atoms. The zero-order valence-corrected chi connectivity index (χ0v) is 16.2. The Balaban J connectivity index is 1.60. The molecule has 2 N–H and O–H groups in total. The van der Waals surface area contributed by atoms with Crippen LogP contribution in [0.5, 0.6) is 0 Å². The van der Waals surface area contributed by atoms with Crippen LogP contribution in [0.15, 0.2) is 64.4 Å². The Morgan fingerprint density at radius 1 is 1.22 bits per heavy atom. The molecule has 0 spiro atoms. The topological polar surface area (TPSA) is 77.3 Å². The number of imidazole rings is 1. The molecule has 0 radical (unpaired) electrons. The lowest BCUT2D eigenvalue weighted by Crippen LogP contribution is -2.36. The van der Waals surface area contributed by atoms with Crippen LogP contribution in [-0.4, -0.2) is 40.0 Å². The first-order chi connectivity index (χ1) is 13.2. The summed E-state index contributed by atoms with van der Waals surface area (Å²) in [5.74, 6) is 1.61. The van der Waals surface area contributed by atoms with Crippen LogP contribution in [0.2, 0.25) is 0 Å². The van der Waals surface area contributed by atoms with Gasteiger partial charge in [0.1, 0.15) is 5.76 Å². The van der Waals surface area contributed by atoms with E-state index in [2.05, 4.69) is 17.1 Å². The molecule has 1 aromatic carbocycles. The fraction of sp³-hybridized carbons (Fsp3) is 0.300. The molecule has 3 aromatic rings. The van der Waals surface area contributed by atoms with Crippen molar-refractivity contribution in [1.29, 1.82) is 0 Å². The van der Waals surface area contributed by atoms with E-state index >= 15 is 0 Å². The summed E-state index contributed by atoms with van der Waals surface area (Å²) >= 11 is 1.57. The van der Waals surface area contributed by atoms with Gasteiger partial charge in [-0.1, -0.05) is 42.1 Å². The van der Waals surface area contributed by atoms with Crippen LogP contribution in [0.3, 0.4) is 0 Å². The largest absolute Gasteiger partial charge is 0.455 e. The van der Waals surface area contributed by atoms with Crippen LogP contribution >= 0.6 is 11.8 Å². The van der Waals surface area contributed by atoms with Crippen molar-refractivity contribution in [3.63, 3.8) is 0 Å². The van der Waals surface area contributed by atoms with Gasteiger partial charge in [-0.3, -0.25) is 4.79 Å². The molecule has 0 saturated carbocycles. The van der Waals surface area contributed by atoms with E-state index in [-0.39, 0.29) is 5.91 Å². The fourth-order valence-corrected chi connectivity index (χ4v) is 3.56. The number of hydrogen-bond acceptors (Lipinski definition) is 5. The quantitative estimate of drug-likeness (QED) is 0.574.